The number of H-pyrrole nitrogens is 1. The van der Waals surface area contributed by atoms with Gasteiger partial charge in [-0.25, -0.2) is 9.78 Å². The summed E-state index contributed by atoms with van der Waals surface area (Å²) in [4.78, 5) is 37.1. The van der Waals surface area contributed by atoms with Gasteiger partial charge in [-0.2, -0.15) is 0 Å². The van der Waals surface area contributed by atoms with Crippen LogP contribution in [0, 0.1) is 0 Å². The maximum absolute atomic E-state index is 11.7. The van der Waals surface area contributed by atoms with Crippen molar-refractivity contribution in [2.75, 3.05) is 0 Å². The number of nitrogens with two attached hydrogens (primary N) is 1. The van der Waals surface area contributed by atoms with Crippen molar-refractivity contribution in [3.8, 4) is 0 Å². The number of aromatic amines is 1. The second-order valence-corrected chi connectivity index (χ2v) is 3.83. The quantitative estimate of drug-likeness (QED) is 0.488. The van der Waals surface area contributed by atoms with E-state index < -0.39 is 23.8 Å². The van der Waals surface area contributed by atoms with Crippen LogP contribution in [-0.2, 0) is 16.0 Å². The molecule has 2 amide bonds. The molecule has 0 saturated heterocycles. The minimum atomic E-state index is -1.25. The minimum Gasteiger partial charge on any atom is -0.480 e. The molecule has 0 bridgehead atoms. The van der Waals surface area contributed by atoms with Crippen LogP contribution in [0.5, 0.6) is 0 Å². The lowest BCUT2D eigenvalue weighted by molar-refractivity contribution is -0.139. The van der Waals surface area contributed by atoms with Crippen molar-refractivity contribution in [1.29, 1.82) is 0 Å². The van der Waals surface area contributed by atoms with Crippen molar-refractivity contribution in [2.24, 2.45) is 5.73 Å². The number of carbonyl (C=O) groups excluding carboxylic acids is 2. The number of amides is 2. The summed E-state index contributed by atoms with van der Waals surface area (Å²) < 4.78 is 0. The van der Waals surface area contributed by atoms with Gasteiger partial charge in [0.2, 0.25) is 11.7 Å². The number of carboxylic acid groups (broad SMARTS) is 1. The summed E-state index contributed by atoms with van der Waals surface area (Å²) in [6.45, 7) is 1.83. The van der Waals surface area contributed by atoms with E-state index >= 15 is 0 Å². The van der Waals surface area contributed by atoms with Gasteiger partial charge in [0.25, 0.3) is 5.91 Å². The van der Waals surface area contributed by atoms with Gasteiger partial charge in [0.15, 0.2) is 0 Å². The number of carboxylic acids is 1. The zero-order valence-corrected chi connectivity index (χ0v) is 10.3. The van der Waals surface area contributed by atoms with E-state index in [1.54, 1.807) is 0 Å². The lowest BCUT2D eigenvalue weighted by Gasteiger charge is -2.11. The summed E-state index contributed by atoms with van der Waals surface area (Å²) in [5.74, 6) is -2.21. The Labute approximate surface area is 108 Å². The third-order valence-electron chi connectivity index (χ3n) is 2.35. The Balaban J connectivity index is 2.65. The standard InChI is InChI=1S/C10H15N5O4/c1-2-7-13-8(15-14-7)9(17)12-5(10(18)19)3-4-6(11)16/h5H,2-4H2,1H3,(H2,11,16)(H,12,17)(H,18,19)(H,13,14,15)/t5-/m1/s1. The normalized spacial score (nSPS) is 11.8. The molecule has 0 fully saturated rings. The number of carbonyl (C=O) groups is 3. The fourth-order valence-electron chi connectivity index (χ4n) is 1.32. The third kappa shape index (κ3) is 4.37. The van der Waals surface area contributed by atoms with Crippen LogP contribution in [0.4, 0.5) is 0 Å². The molecule has 0 spiro atoms. The van der Waals surface area contributed by atoms with Crippen molar-refractivity contribution in [3.05, 3.63) is 11.6 Å². The summed E-state index contributed by atoms with van der Waals surface area (Å²) in [7, 11) is 0. The van der Waals surface area contributed by atoms with Gasteiger partial charge in [-0.05, 0) is 6.42 Å². The number of aromatic nitrogens is 3. The first-order valence-electron chi connectivity index (χ1n) is 5.67. The predicted octanol–water partition coefficient (Wildman–Crippen LogP) is -1.18. The summed E-state index contributed by atoms with van der Waals surface area (Å²) in [6, 6.07) is -1.21. The summed E-state index contributed by atoms with van der Waals surface area (Å²) in [5, 5.41) is 17.4. The molecule has 0 aliphatic carbocycles. The number of nitrogens with zero attached hydrogens (tertiary/aromatic N) is 2. The SMILES string of the molecule is CCc1nc(C(=O)N[C@H](CCC(N)=O)C(=O)O)n[nH]1. The lowest BCUT2D eigenvalue weighted by Crippen LogP contribution is -2.41. The lowest BCUT2D eigenvalue weighted by atomic mass is 10.1. The van der Waals surface area contributed by atoms with E-state index in [4.69, 9.17) is 10.8 Å². The zero-order valence-electron chi connectivity index (χ0n) is 10.3. The van der Waals surface area contributed by atoms with Crippen LogP contribution in [0.1, 0.15) is 36.2 Å². The first-order chi connectivity index (χ1) is 8.93. The number of rotatable bonds is 7. The molecule has 9 heteroatoms. The molecule has 0 aliphatic heterocycles. The Hall–Kier alpha value is -2.45. The molecule has 1 atom stereocenters. The van der Waals surface area contributed by atoms with Gasteiger partial charge in [-0.15, -0.1) is 5.10 Å². The van der Waals surface area contributed by atoms with Crippen molar-refractivity contribution in [2.45, 2.75) is 32.2 Å². The molecule has 0 aromatic carbocycles. The average molecular weight is 269 g/mol. The Morgan fingerprint density at radius 1 is 1.47 bits per heavy atom. The largest absolute Gasteiger partial charge is 0.480 e. The fourth-order valence-corrected chi connectivity index (χ4v) is 1.32. The average Bonchev–Trinajstić information content (AvgIpc) is 2.82. The molecule has 1 aromatic heterocycles. The van der Waals surface area contributed by atoms with Crippen LogP contribution in [0.25, 0.3) is 0 Å². The number of aryl methyl sites for hydroxylation is 1. The van der Waals surface area contributed by atoms with E-state index in [2.05, 4.69) is 20.5 Å². The molecule has 9 nitrogen and oxygen atoms in total. The second kappa shape index (κ2) is 6.47. The zero-order chi connectivity index (χ0) is 14.4. The van der Waals surface area contributed by atoms with Gasteiger partial charge in [0, 0.05) is 12.8 Å². The van der Waals surface area contributed by atoms with Crippen molar-refractivity contribution >= 4 is 17.8 Å². The van der Waals surface area contributed by atoms with Gasteiger partial charge < -0.3 is 16.2 Å². The molecule has 104 valence electrons. The molecule has 0 aliphatic rings. The molecule has 19 heavy (non-hydrogen) atoms. The highest BCUT2D eigenvalue weighted by Gasteiger charge is 2.23. The summed E-state index contributed by atoms with van der Waals surface area (Å²) in [5.41, 5.74) is 4.93. The van der Waals surface area contributed by atoms with Crippen LogP contribution in [0.2, 0.25) is 0 Å². The van der Waals surface area contributed by atoms with E-state index in [-0.39, 0.29) is 18.7 Å². The van der Waals surface area contributed by atoms with Gasteiger partial charge in [0.05, 0.1) is 0 Å². The minimum absolute atomic E-state index is 0.0819. The van der Waals surface area contributed by atoms with Gasteiger partial charge >= 0.3 is 5.97 Å². The van der Waals surface area contributed by atoms with Crippen LogP contribution >= 0.6 is 0 Å². The molecule has 1 rings (SSSR count). The Morgan fingerprint density at radius 2 is 2.16 bits per heavy atom. The molecule has 1 aromatic rings. The fraction of sp³-hybridized carbons (Fsp3) is 0.500. The van der Waals surface area contributed by atoms with E-state index in [1.807, 2.05) is 6.92 Å². The van der Waals surface area contributed by atoms with Crippen molar-refractivity contribution in [3.63, 3.8) is 0 Å². The Bertz CT molecular complexity index is 484. The predicted molar refractivity (Wildman–Crippen MR) is 63.1 cm³/mol. The monoisotopic (exact) mass is 269 g/mol. The van der Waals surface area contributed by atoms with Crippen LogP contribution in [0.15, 0.2) is 0 Å². The second-order valence-electron chi connectivity index (χ2n) is 3.83. The maximum Gasteiger partial charge on any atom is 0.326 e. The van der Waals surface area contributed by atoms with E-state index in [0.29, 0.717) is 12.2 Å². The number of hydrogen-bond donors (Lipinski definition) is 4. The number of hydrogen-bond acceptors (Lipinski definition) is 5. The van der Waals surface area contributed by atoms with E-state index in [1.165, 1.54) is 0 Å². The first kappa shape index (κ1) is 14.6. The molecule has 1 heterocycles. The number of aliphatic carboxylic acids is 1. The van der Waals surface area contributed by atoms with Crippen LogP contribution < -0.4 is 11.1 Å². The third-order valence-corrected chi connectivity index (χ3v) is 2.35. The molecule has 5 N–H and O–H groups in total. The molecule has 0 radical (unpaired) electrons. The molecule has 0 unspecified atom stereocenters. The smallest absolute Gasteiger partial charge is 0.326 e. The highest BCUT2D eigenvalue weighted by molar-refractivity contribution is 5.93. The molecular weight excluding hydrogens is 254 g/mol. The topological polar surface area (TPSA) is 151 Å². The maximum atomic E-state index is 11.7. The van der Waals surface area contributed by atoms with Crippen molar-refractivity contribution in [1.82, 2.24) is 20.5 Å². The Morgan fingerprint density at radius 3 is 2.63 bits per heavy atom. The highest BCUT2D eigenvalue weighted by Crippen LogP contribution is 2.00. The summed E-state index contributed by atoms with van der Waals surface area (Å²) in [6.07, 6.45) is 0.358. The van der Waals surface area contributed by atoms with E-state index in [9.17, 15) is 14.4 Å². The van der Waals surface area contributed by atoms with E-state index in [0.717, 1.165) is 0 Å². The summed E-state index contributed by atoms with van der Waals surface area (Å²) >= 11 is 0. The van der Waals surface area contributed by atoms with Crippen molar-refractivity contribution < 1.29 is 19.5 Å². The van der Waals surface area contributed by atoms with Gasteiger partial charge in [-0.3, -0.25) is 14.7 Å². The van der Waals surface area contributed by atoms with Gasteiger partial charge in [0.1, 0.15) is 11.9 Å². The molecule has 0 saturated carbocycles. The van der Waals surface area contributed by atoms with Gasteiger partial charge in [-0.1, -0.05) is 6.92 Å². The van der Waals surface area contributed by atoms with Crippen LogP contribution in [0.3, 0.4) is 0 Å². The highest BCUT2D eigenvalue weighted by atomic mass is 16.4. The van der Waals surface area contributed by atoms with Crippen LogP contribution in [-0.4, -0.2) is 44.1 Å². The number of nitrogens with one attached hydrogen (secondary N) is 2. The molecular formula is C10H15N5O4. The first-order valence-corrected chi connectivity index (χ1v) is 5.67. The Kier molecular flexibility index (Phi) is 4.98. The number of primary amides is 1.